The third kappa shape index (κ3) is 2.94. The Hall–Kier alpha value is -2.56. The van der Waals surface area contributed by atoms with Gasteiger partial charge in [-0.1, -0.05) is 24.3 Å². The lowest BCUT2D eigenvalue weighted by Gasteiger charge is -2.19. The molecule has 2 amide bonds. The molecule has 0 fully saturated rings. The molecule has 124 valence electrons. The largest absolute Gasteiger partial charge is 0.370 e. The van der Waals surface area contributed by atoms with Crippen molar-refractivity contribution in [1.82, 2.24) is 10.3 Å². The van der Waals surface area contributed by atoms with Gasteiger partial charge in [-0.05, 0) is 42.5 Å². The average molecular weight is 322 g/mol. The molecule has 0 unspecified atom stereocenters. The summed E-state index contributed by atoms with van der Waals surface area (Å²) in [5, 5.41) is 6.37. The Morgan fingerprint density at radius 1 is 1.17 bits per heavy atom. The summed E-state index contributed by atoms with van der Waals surface area (Å²) >= 11 is 0. The number of aryl methyl sites for hydroxylation is 1. The van der Waals surface area contributed by atoms with E-state index in [-0.39, 0.29) is 6.03 Å². The van der Waals surface area contributed by atoms with Crippen molar-refractivity contribution in [3.8, 4) is 0 Å². The fraction of sp³-hybridized carbons (Fsp3) is 0.368. The number of carbonyl (C=O) groups is 1. The Morgan fingerprint density at radius 3 is 3.04 bits per heavy atom. The number of urea groups is 1. The normalized spacial score (nSPS) is 15.4. The number of anilines is 2. The molecule has 0 aliphatic carbocycles. The van der Waals surface area contributed by atoms with Gasteiger partial charge in [0.25, 0.3) is 0 Å². The summed E-state index contributed by atoms with van der Waals surface area (Å²) in [6.45, 7) is 2.35. The van der Waals surface area contributed by atoms with Crippen LogP contribution in [0.25, 0.3) is 0 Å². The highest BCUT2D eigenvalue weighted by atomic mass is 16.2. The van der Waals surface area contributed by atoms with Gasteiger partial charge in [0.1, 0.15) is 5.82 Å². The highest BCUT2D eigenvalue weighted by Gasteiger charge is 2.23. The Balaban J connectivity index is 1.34. The van der Waals surface area contributed by atoms with E-state index < -0.39 is 0 Å². The number of para-hydroxylation sites is 1. The first-order valence-corrected chi connectivity index (χ1v) is 8.67. The van der Waals surface area contributed by atoms with Crippen LogP contribution >= 0.6 is 0 Å². The predicted octanol–water partition coefficient (Wildman–Crippen LogP) is 2.75. The molecule has 1 aromatic heterocycles. The number of hydrogen-bond donors (Lipinski definition) is 2. The van der Waals surface area contributed by atoms with E-state index in [4.69, 9.17) is 0 Å². The molecule has 2 N–H and O–H groups in total. The number of rotatable bonds is 3. The van der Waals surface area contributed by atoms with Crippen LogP contribution in [0.15, 0.2) is 36.4 Å². The number of hydrogen-bond acceptors (Lipinski definition) is 3. The van der Waals surface area contributed by atoms with E-state index >= 15 is 0 Å². The van der Waals surface area contributed by atoms with Crippen LogP contribution in [0.4, 0.5) is 16.3 Å². The first-order valence-electron chi connectivity index (χ1n) is 8.67. The highest BCUT2D eigenvalue weighted by Crippen LogP contribution is 2.27. The first kappa shape index (κ1) is 15.0. The number of carbonyl (C=O) groups excluding carboxylic acids is 1. The minimum Gasteiger partial charge on any atom is -0.370 e. The zero-order valence-electron chi connectivity index (χ0n) is 13.7. The number of fused-ring (bicyclic) bond motifs is 2. The molecule has 2 aromatic rings. The molecule has 24 heavy (non-hydrogen) atoms. The summed E-state index contributed by atoms with van der Waals surface area (Å²) in [6, 6.07) is 12.3. The van der Waals surface area contributed by atoms with Gasteiger partial charge in [0.2, 0.25) is 0 Å². The van der Waals surface area contributed by atoms with E-state index in [9.17, 15) is 4.79 Å². The minimum absolute atomic E-state index is 0.0176. The standard InChI is InChI=1S/C19H22N4O/c24-19(23-13-10-14-4-1-2-6-17(14)23)21-12-9-16-8-7-15-5-3-11-20-18(15)22-16/h1-2,4,6-8H,3,5,9-13H2,(H,20,22)(H,21,24). The van der Waals surface area contributed by atoms with Crippen LogP contribution in [0.5, 0.6) is 0 Å². The van der Waals surface area contributed by atoms with Gasteiger partial charge in [-0.3, -0.25) is 4.90 Å². The molecule has 0 spiro atoms. The molecular formula is C19H22N4O. The molecule has 5 heteroatoms. The lowest BCUT2D eigenvalue weighted by Crippen LogP contribution is -2.39. The van der Waals surface area contributed by atoms with Crippen molar-refractivity contribution in [2.24, 2.45) is 0 Å². The minimum atomic E-state index is -0.0176. The van der Waals surface area contributed by atoms with Crippen molar-refractivity contribution in [1.29, 1.82) is 0 Å². The summed E-state index contributed by atoms with van der Waals surface area (Å²) < 4.78 is 0. The van der Waals surface area contributed by atoms with Crippen molar-refractivity contribution in [3.63, 3.8) is 0 Å². The monoisotopic (exact) mass is 322 g/mol. The summed E-state index contributed by atoms with van der Waals surface area (Å²) in [6.07, 6.45) is 3.94. The number of aromatic nitrogens is 1. The highest BCUT2D eigenvalue weighted by molar-refractivity contribution is 5.94. The lowest BCUT2D eigenvalue weighted by atomic mass is 10.1. The summed E-state index contributed by atoms with van der Waals surface area (Å²) in [7, 11) is 0. The number of amides is 2. The first-order chi connectivity index (χ1) is 11.8. The fourth-order valence-electron chi connectivity index (χ4n) is 3.45. The van der Waals surface area contributed by atoms with Gasteiger partial charge in [0.15, 0.2) is 0 Å². The molecular weight excluding hydrogens is 300 g/mol. The van der Waals surface area contributed by atoms with E-state index in [1.165, 1.54) is 17.5 Å². The van der Waals surface area contributed by atoms with E-state index in [2.05, 4.69) is 33.8 Å². The van der Waals surface area contributed by atoms with Crippen LogP contribution in [0.1, 0.15) is 23.2 Å². The second-order valence-corrected chi connectivity index (χ2v) is 6.35. The number of nitrogens with zero attached hydrogens (tertiary/aromatic N) is 2. The summed E-state index contributed by atoms with van der Waals surface area (Å²) in [5.74, 6) is 1.01. The SMILES string of the molecule is O=C(NCCc1ccc2c(n1)NCCC2)N1CCc2ccccc21. The van der Waals surface area contributed by atoms with Crippen LogP contribution in [-0.2, 0) is 19.3 Å². The lowest BCUT2D eigenvalue weighted by molar-refractivity contribution is 0.247. The topological polar surface area (TPSA) is 57.3 Å². The molecule has 5 nitrogen and oxygen atoms in total. The Morgan fingerprint density at radius 2 is 2.08 bits per heavy atom. The molecule has 0 saturated heterocycles. The maximum atomic E-state index is 12.4. The van der Waals surface area contributed by atoms with E-state index in [1.54, 1.807) is 0 Å². The van der Waals surface area contributed by atoms with Crippen LogP contribution in [0.2, 0.25) is 0 Å². The number of nitrogens with one attached hydrogen (secondary N) is 2. The smallest absolute Gasteiger partial charge is 0.321 e. The maximum absolute atomic E-state index is 12.4. The summed E-state index contributed by atoms with van der Waals surface area (Å²) in [5.41, 5.74) is 4.59. The van der Waals surface area contributed by atoms with E-state index in [0.717, 1.165) is 49.6 Å². The molecule has 4 rings (SSSR count). The molecule has 2 aliphatic rings. The van der Waals surface area contributed by atoms with Gasteiger partial charge in [0.05, 0.1) is 0 Å². The number of benzene rings is 1. The molecule has 0 bridgehead atoms. The van der Waals surface area contributed by atoms with Crippen molar-refractivity contribution in [2.45, 2.75) is 25.7 Å². The van der Waals surface area contributed by atoms with Gasteiger partial charge in [-0.15, -0.1) is 0 Å². The Kier molecular flexibility index (Phi) is 4.07. The Bertz CT molecular complexity index is 759. The van der Waals surface area contributed by atoms with Crippen LogP contribution < -0.4 is 15.5 Å². The molecule has 0 atom stereocenters. The van der Waals surface area contributed by atoms with Crippen LogP contribution in [0, 0.1) is 0 Å². The molecule has 2 aliphatic heterocycles. The maximum Gasteiger partial charge on any atom is 0.321 e. The van der Waals surface area contributed by atoms with Crippen molar-refractivity contribution in [3.05, 3.63) is 53.2 Å². The summed E-state index contributed by atoms with van der Waals surface area (Å²) in [4.78, 5) is 18.9. The van der Waals surface area contributed by atoms with Gasteiger partial charge in [-0.25, -0.2) is 9.78 Å². The molecule has 3 heterocycles. The second kappa shape index (κ2) is 6.51. The van der Waals surface area contributed by atoms with Gasteiger partial charge >= 0.3 is 6.03 Å². The van der Waals surface area contributed by atoms with Gasteiger partial charge < -0.3 is 10.6 Å². The van der Waals surface area contributed by atoms with Crippen molar-refractivity contribution >= 4 is 17.5 Å². The molecule has 1 aromatic carbocycles. The van der Waals surface area contributed by atoms with Crippen molar-refractivity contribution in [2.75, 3.05) is 29.9 Å². The Labute approximate surface area is 142 Å². The average Bonchev–Trinajstić information content (AvgIpc) is 3.06. The predicted molar refractivity (Wildman–Crippen MR) is 95.6 cm³/mol. The number of pyridine rings is 1. The third-order valence-corrected chi connectivity index (χ3v) is 4.74. The third-order valence-electron chi connectivity index (χ3n) is 4.74. The quantitative estimate of drug-likeness (QED) is 0.913. The fourth-order valence-corrected chi connectivity index (χ4v) is 3.45. The van der Waals surface area contributed by atoms with Gasteiger partial charge in [0, 0.05) is 37.4 Å². The van der Waals surface area contributed by atoms with Gasteiger partial charge in [-0.2, -0.15) is 0 Å². The zero-order chi connectivity index (χ0) is 16.4. The van der Waals surface area contributed by atoms with Crippen LogP contribution in [-0.4, -0.2) is 30.6 Å². The zero-order valence-corrected chi connectivity index (χ0v) is 13.7. The second-order valence-electron chi connectivity index (χ2n) is 6.35. The molecule has 0 saturated carbocycles. The van der Waals surface area contributed by atoms with Crippen molar-refractivity contribution < 1.29 is 4.79 Å². The molecule has 0 radical (unpaired) electrons. The van der Waals surface area contributed by atoms with E-state index in [0.29, 0.717) is 6.54 Å². The van der Waals surface area contributed by atoms with Crippen LogP contribution in [0.3, 0.4) is 0 Å². The van der Waals surface area contributed by atoms with E-state index in [1.807, 2.05) is 23.1 Å².